The summed E-state index contributed by atoms with van der Waals surface area (Å²) >= 11 is 0. The molecule has 0 saturated carbocycles. The van der Waals surface area contributed by atoms with Crippen LogP contribution < -0.4 is 15.0 Å². The fourth-order valence-corrected chi connectivity index (χ4v) is 2.66. The Kier molecular flexibility index (Phi) is 5.52. The van der Waals surface area contributed by atoms with Crippen LogP contribution in [0.1, 0.15) is 20.7 Å². The summed E-state index contributed by atoms with van der Waals surface area (Å²) in [6.45, 7) is 0. The van der Waals surface area contributed by atoms with Gasteiger partial charge in [-0.1, -0.05) is 30.3 Å². The molecule has 3 aromatic carbocycles. The molecule has 0 aliphatic carbocycles. The smallest absolute Gasteiger partial charge is 0.258 e. The number of amides is 2. The lowest BCUT2D eigenvalue weighted by Gasteiger charge is -2.17. The minimum atomic E-state index is -0.291. The van der Waals surface area contributed by atoms with Gasteiger partial charge in [-0.2, -0.15) is 0 Å². The summed E-state index contributed by atoms with van der Waals surface area (Å²) in [6.07, 6.45) is 0. The van der Waals surface area contributed by atoms with Gasteiger partial charge in [0.1, 0.15) is 5.75 Å². The Balaban J connectivity index is 1.78. The van der Waals surface area contributed by atoms with Crippen molar-refractivity contribution in [2.75, 3.05) is 24.4 Å². The van der Waals surface area contributed by atoms with E-state index in [1.807, 2.05) is 30.3 Å². The van der Waals surface area contributed by atoms with E-state index in [4.69, 9.17) is 4.74 Å². The highest BCUT2D eigenvalue weighted by atomic mass is 16.5. The standard InChI is InChI=1S/C22H20N2O3/c1-24(19-11-4-3-5-12-19)22(26)17-9-6-8-16(14-17)21(25)23-18-10-7-13-20(15-18)27-2/h3-15H,1-2H3,(H,23,25). The number of hydrogen-bond donors (Lipinski definition) is 1. The largest absolute Gasteiger partial charge is 0.497 e. The molecule has 2 amide bonds. The van der Waals surface area contributed by atoms with Crippen LogP contribution in [0.2, 0.25) is 0 Å². The predicted molar refractivity (Wildman–Crippen MR) is 107 cm³/mol. The van der Waals surface area contributed by atoms with Crippen LogP contribution in [0.4, 0.5) is 11.4 Å². The van der Waals surface area contributed by atoms with Gasteiger partial charge >= 0.3 is 0 Å². The molecule has 5 nitrogen and oxygen atoms in total. The molecule has 136 valence electrons. The summed E-state index contributed by atoms with van der Waals surface area (Å²) in [6, 6.07) is 23.1. The Morgan fingerprint density at radius 2 is 1.56 bits per heavy atom. The fourth-order valence-electron chi connectivity index (χ4n) is 2.66. The number of rotatable bonds is 5. The van der Waals surface area contributed by atoms with Crippen LogP contribution in [0.5, 0.6) is 5.75 Å². The second-order valence-corrected chi connectivity index (χ2v) is 5.97. The number of methoxy groups -OCH3 is 1. The van der Waals surface area contributed by atoms with E-state index in [9.17, 15) is 9.59 Å². The third-order valence-corrected chi connectivity index (χ3v) is 4.15. The van der Waals surface area contributed by atoms with Gasteiger partial charge in [-0.25, -0.2) is 0 Å². The second-order valence-electron chi connectivity index (χ2n) is 5.97. The van der Waals surface area contributed by atoms with Gasteiger partial charge in [0, 0.05) is 35.6 Å². The first-order valence-electron chi connectivity index (χ1n) is 8.47. The van der Waals surface area contributed by atoms with E-state index in [2.05, 4.69) is 5.32 Å². The maximum Gasteiger partial charge on any atom is 0.258 e. The van der Waals surface area contributed by atoms with Crippen LogP contribution in [0.15, 0.2) is 78.9 Å². The number of nitrogens with one attached hydrogen (secondary N) is 1. The molecular formula is C22H20N2O3. The van der Waals surface area contributed by atoms with Crippen molar-refractivity contribution in [1.82, 2.24) is 0 Å². The van der Waals surface area contributed by atoms with Crippen molar-refractivity contribution in [2.24, 2.45) is 0 Å². The normalized spacial score (nSPS) is 10.1. The maximum atomic E-state index is 12.7. The Bertz CT molecular complexity index is 955. The van der Waals surface area contributed by atoms with Crippen molar-refractivity contribution in [3.05, 3.63) is 90.0 Å². The molecule has 3 rings (SSSR count). The molecule has 0 aliphatic rings. The Labute approximate surface area is 158 Å². The zero-order valence-electron chi connectivity index (χ0n) is 15.2. The van der Waals surface area contributed by atoms with E-state index >= 15 is 0 Å². The Hall–Kier alpha value is -3.60. The first kappa shape index (κ1) is 18.2. The summed E-state index contributed by atoms with van der Waals surface area (Å²) in [4.78, 5) is 26.8. The van der Waals surface area contributed by atoms with Gasteiger partial charge in [0.25, 0.3) is 11.8 Å². The third kappa shape index (κ3) is 4.33. The molecule has 0 bridgehead atoms. The van der Waals surface area contributed by atoms with E-state index in [0.717, 1.165) is 5.69 Å². The quantitative estimate of drug-likeness (QED) is 0.741. The van der Waals surface area contributed by atoms with Crippen LogP contribution in [-0.2, 0) is 0 Å². The summed E-state index contributed by atoms with van der Waals surface area (Å²) < 4.78 is 5.16. The minimum absolute atomic E-state index is 0.183. The van der Waals surface area contributed by atoms with Gasteiger partial charge in [-0.3, -0.25) is 9.59 Å². The average Bonchev–Trinajstić information content (AvgIpc) is 2.73. The zero-order valence-corrected chi connectivity index (χ0v) is 15.2. The average molecular weight is 360 g/mol. The number of carbonyl (C=O) groups is 2. The maximum absolute atomic E-state index is 12.7. The molecule has 0 unspecified atom stereocenters. The first-order chi connectivity index (χ1) is 13.1. The van der Waals surface area contributed by atoms with Crippen molar-refractivity contribution in [2.45, 2.75) is 0 Å². The summed E-state index contributed by atoms with van der Waals surface area (Å²) in [5.41, 5.74) is 2.26. The van der Waals surface area contributed by atoms with Crippen molar-refractivity contribution in [3.63, 3.8) is 0 Å². The summed E-state index contributed by atoms with van der Waals surface area (Å²) in [7, 11) is 3.28. The highest BCUT2D eigenvalue weighted by Crippen LogP contribution is 2.19. The fraction of sp³-hybridized carbons (Fsp3) is 0.0909. The predicted octanol–water partition coefficient (Wildman–Crippen LogP) is 4.22. The van der Waals surface area contributed by atoms with Crippen LogP contribution in [0.25, 0.3) is 0 Å². The number of carbonyl (C=O) groups excluding carboxylic acids is 2. The molecule has 27 heavy (non-hydrogen) atoms. The minimum Gasteiger partial charge on any atom is -0.497 e. The number of ether oxygens (including phenoxy) is 1. The number of benzene rings is 3. The molecule has 0 atom stereocenters. The Morgan fingerprint density at radius 3 is 2.30 bits per heavy atom. The lowest BCUT2D eigenvalue weighted by atomic mass is 10.1. The molecule has 0 spiro atoms. The highest BCUT2D eigenvalue weighted by molar-refractivity contribution is 6.09. The van der Waals surface area contributed by atoms with E-state index in [-0.39, 0.29) is 11.8 Å². The number of nitrogens with zero attached hydrogens (tertiary/aromatic N) is 1. The molecule has 0 aromatic heterocycles. The van der Waals surface area contributed by atoms with Gasteiger partial charge in [0.05, 0.1) is 7.11 Å². The molecule has 5 heteroatoms. The van der Waals surface area contributed by atoms with E-state index in [1.54, 1.807) is 67.6 Å². The first-order valence-corrected chi connectivity index (χ1v) is 8.47. The van der Waals surface area contributed by atoms with Crippen LogP contribution in [-0.4, -0.2) is 26.0 Å². The van der Waals surface area contributed by atoms with Crippen molar-refractivity contribution in [1.29, 1.82) is 0 Å². The summed E-state index contributed by atoms with van der Waals surface area (Å²) in [5, 5.41) is 2.82. The monoisotopic (exact) mass is 360 g/mol. The molecule has 3 aromatic rings. The van der Waals surface area contributed by atoms with Gasteiger partial charge in [-0.05, 0) is 42.5 Å². The Morgan fingerprint density at radius 1 is 0.852 bits per heavy atom. The van der Waals surface area contributed by atoms with E-state index < -0.39 is 0 Å². The van der Waals surface area contributed by atoms with Crippen molar-refractivity contribution >= 4 is 23.2 Å². The van der Waals surface area contributed by atoms with Crippen molar-refractivity contribution < 1.29 is 14.3 Å². The van der Waals surface area contributed by atoms with Crippen LogP contribution >= 0.6 is 0 Å². The van der Waals surface area contributed by atoms with Gasteiger partial charge in [-0.15, -0.1) is 0 Å². The van der Waals surface area contributed by atoms with Crippen LogP contribution in [0.3, 0.4) is 0 Å². The van der Waals surface area contributed by atoms with Gasteiger partial charge < -0.3 is 15.0 Å². The third-order valence-electron chi connectivity index (χ3n) is 4.15. The summed E-state index contributed by atoms with van der Waals surface area (Å²) in [5.74, 6) is 0.179. The van der Waals surface area contributed by atoms with E-state index in [0.29, 0.717) is 22.6 Å². The van der Waals surface area contributed by atoms with Crippen LogP contribution in [0, 0.1) is 0 Å². The SMILES string of the molecule is COc1cccc(NC(=O)c2cccc(C(=O)N(C)c3ccccc3)c2)c1. The topological polar surface area (TPSA) is 58.6 Å². The number of para-hydroxylation sites is 1. The lowest BCUT2D eigenvalue weighted by molar-refractivity contribution is 0.0993. The molecule has 0 fully saturated rings. The number of anilines is 2. The highest BCUT2D eigenvalue weighted by Gasteiger charge is 2.15. The molecule has 0 heterocycles. The van der Waals surface area contributed by atoms with Gasteiger partial charge in [0.2, 0.25) is 0 Å². The lowest BCUT2D eigenvalue weighted by Crippen LogP contribution is -2.26. The molecule has 0 aliphatic heterocycles. The molecule has 1 N–H and O–H groups in total. The molecule has 0 saturated heterocycles. The van der Waals surface area contributed by atoms with Gasteiger partial charge in [0.15, 0.2) is 0 Å². The molecular weight excluding hydrogens is 340 g/mol. The van der Waals surface area contributed by atoms with Crippen molar-refractivity contribution in [3.8, 4) is 5.75 Å². The van der Waals surface area contributed by atoms with E-state index in [1.165, 1.54) is 0 Å². The second kappa shape index (κ2) is 8.19. The zero-order chi connectivity index (χ0) is 19.2. The molecule has 0 radical (unpaired) electrons. The number of hydrogen-bond acceptors (Lipinski definition) is 3.